The van der Waals surface area contributed by atoms with Gasteiger partial charge in [-0.25, -0.2) is 4.39 Å². The third-order valence-electron chi connectivity index (χ3n) is 0.907. The molecule has 0 aliphatic heterocycles. The molecule has 0 fully saturated rings. The maximum Gasteiger partial charge on any atom is 0.349 e. The Morgan fingerprint density at radius 1 is 1.36 bits per heavy atom. The molecule has 0 bridgehead atoms. The van der Waals surface area contributed by atoms with E-state index >= 15 is 0 Å². The molecule has 0 amide bonds. The smallest absolute Gasteiger partial charge is 0.217 e. The number of hydrogen-bond donors (Lipinski definition) is 0. The van der Waals surface area contributed by atoms with Crippen LogP contribution >= 0.6 is 50.7 Å². The highest BCUT2D eigenvalue weighted by Crippen LogP contribution is 2.45. The molecule has 0 aromatic rings. The molecule has 0 rings (SSSR count). The summed E-state index contributed by atoms with van der Waals surface area (Å²) in [5.74, 6) is -0.497. The topological polar surface area (TPSA) is 0 Å². The maximum atomic E-state index is 12.7. The third kappa shape index (κ3) is 2.83. The minimum absolute atomic E-state index is 0.497. The van der Waals surface area contributed by atoms with Gasteiger partial charge in [0.25, 0.3) is 5.13 Å². The van der Waals surface area contributed by atoms with Crippen LogP contribution in [-0.4, -0.2) is 21.2 Å². The minimum Gasteiger partial charge on any atom is -0.217 e. The second kappa shape index (κ2) is 3.90. The Morgan fingerprint density at radius 2 is 1.73 bits per heavy atom. The summed E-state index contributed by atoms with van der Waals surface area (Å²) in [5.41, 5.74) is 0. The monoisotopic (exact) mass is 292 g/mol. The van der Waals surface area contributed by atoms with E-state index in [1.807, 2.05) is 0 Å². The molecule has 0 spiro atoms. The van der Waals surface area contributed by atoms with Crippen LogP contribution in [0.1, 0.15) is 0 Å². The Morgan fingerprint density at radius 3 is 1.82 bits per heavy atom. The Bertz CT molecular complexity index is 135. The van der Waals surface area contributed by atoms with E-state index in [0.29, 0.717) is 0 Å². The lowest BCUT2D eigenvalue weighted by Crippen LogP contribution is -2.43. The predicted octanol–water partition coefficient (Wildman–Crippen LogP) is 3.72. The standard InChI is InChI=1S/C4H3BrCl3F3/c5-4(10,11)3(8,9)2(7)1-6/h2H,1H2/t2-,3-/m0/s1. The lowest BCUT2D eigenvalue weighted by molar-refractivity contribution is -0.00419. The fourth-order valence-electron chi connectivity index (χ4n) is 0.274. The molecule has 0 aliphatic rings. The van der Waals surface area contributed by atoms with Crippen molar-refractivity contribution in [3.63, 3.8) is 0 Å². The van der Waals surface area contributed by atoms with Crippen LogP contribution in [-0.2, 0) is 0 Å². The second-order valence-corrected chi connectivity index (χ2v) is 4.12. The van der Waals surface area contributed by atoms with Gasteiger partial charge in [0.15, 0.2) is 0 Å². The third-order valence-corrected chi connectivity index (χ3v) is 3.25. The molecule has 0 nitrogen and oxygen atoms in total. The van der Waals surface area contributed by atoms with Crippen molar-refractivity contribution < 1.29 is 13.2 Å². The summed E-state index contributed by atoms with van der Waals surface area (Å²) in [7, 11) is 0. The molecule has 0 aliphatic carbocycles. The van der Waals surface area contributed by atoms with Crippen LogP contribution in [0.5, 0.6) is 0 Å². The van der Waals surface area contributed by atoms with Gasteiger partial charge < -0.3 is 0 Å². The zero-order valence-corrected chi connectivity index (χ0v) is 8.78. The van der Waals surface area contributed by atoms with Crippen molar-refractivity contribution >= 4 is 50.7 Å². The zero-order valence-electron chi connectivity index (χ0n) is 4.93. The molecule has 0 heterocycles. The normalized spacial score (nSPS) is 21.0. The van der Waals surface area contributed by atoms with Gasteiger partial charge in [-0.2, -0.15) is 8.78 Å². The number of hydrogen-bond acceptors (Lipinski definition) is 0. The van der Waals surface area contributed by atoms with Crippen molar-refractivity contribution in [1.82, 2.24) is 0 Å². The summed E-state index contributed by atoms with van der Waals surface area (Å²) in [6.45, 7) is 0. The summed E-state index contributed by atoms with van der Waals surface area (Å²) in [5, 5.41) is -5.02. The highest BCUT2D eigenvalue weighted by atomic mass is 79.9. The van der Waals surface area contributed by atoms with Crippen molar-refractivity contribution in [1.29, 1.82) is 0 Å². The first-order valence-electron chi connectivity index (χ1n) is 2.38. The van der Waals surface area contributed by atoms with Crippen LogP contribution in [0.25, 0.3) is 0 Å². The van der Waals surface area contributed by atoms with Gasteiger partial charge in [-0.05, 0) is 15.9 Å². The van der Waals surface area contributed by atoms with Crippen LogP contribution in [0.3, 0.4) is 0 Å². The Kier molecular flexibility index (Phi) is 4.30. The average molecular weight is 294 g/mol. The van der Waals surface area contributed by atoms with Crippen LogP contribution in [0.15, 0.2) is 0 Å². The van der Waals surface area contributed by atoms with Gasteiger partial charge in [-0.1, -0.05) is 11.6 Å². The van der Waals surface area contributed by atoms with E-state index in [0.717, 1.165) is 0 Å². The highest BCUT2D eigenvalue weighted by molar-refractivity contribution is 9.10. The molecule has 7 heteroatoms. The fourth-order valence-corrected chi connectivity index (χ4v) is 1.19. The van der Waals surface area contributed by atoms with Crippen molar-refractivity contribution in [2.45, 2.75) is 15.3 Å². The average Bonchev–Trinajstić information content (AvgIpc) is 1.83. The molecule has 2 atom stereocenters. The highest BCUT2D eigenvalue weighted by Gasteiger charge is 2.56. The van der Waals surface area contributed by atoms with Gasteiger partial charge in [-0.15, -0.1) is 23.2 Å². The molecular formula is C4H3BrCl3F3. The van der Waals surface area contributed by atoms with E-state index in [-0.39, 0.29) is 0 Å². The van der Waals surface area contributed by atoms with Crippen molar-refractivity contribution in [2.24, 2.45) is 0 Å². The molecule has 0 saturated carbocycles. The van der Waals surface area contributed by atoms with Gasteiger partial charge in [-0.3, -0.25) is 0 Å². The van der Waals surface area contributed by atoms with E-state index in [2.05, 4.69) is 0 Å². The lowest BCUT2D eigenvalue weighted by Gasteiger charge is -2.25. The molecular weight excluding hydrogens is 291 g/mol. The van der Waals surface area contributed by atoms with E-state index in [4.69, 9.17) is 34.8 Å². The molecule has 0 saturated heterocycles. The first kappa shape index (κ1) is 12.1. The van der Waals surface area contributed by atoms with E-state index in [1.165, 1.54) is 0 Å². The van der Waals surface area contributed by atoms with Crippen LogP contribution in [0.4, 0.5) is 13.2 Å². The Balaban J connectivity index is 4.45. The minimum atomic E-state index is -3.89. The van der Waals surface area contributed by atoms with Crippen LogP contribution < -0.4 is 0 Å². The van der Waals surface area contributed by atoms with Gasteiger partial charge >= 0.3 is 4.83 Å². The van der Waals surface area contributed by atoms with E-state index in [1.54, 1.807) is 15.9 Å². The van der Waals surface area contributed by atoms with Crippen LogP contribution in [0, 0.1) is 0 Å². The number of alkyl halides is 7. The Hall–Kier alpha value is 1.14. The fraction of sp³-hybridized carbons (Fsp3) is 1.00. The van der Waals surface area contributed by atoms with Gasteiger partial charge in [0.05, 0.1) is 0 Å². The SMILES string of the molecule is FC(F)(Br)[C@](F)(Cl)[C@@H](Cl)CCl. The van der Waals surface area contributed by atoms with Crippen molar-refractivity contribution in [3.05, 3.63) is 0 Å². The van der Waals surface area contributed by atoms with E-state index < -0.39 is 21.2 Å². The first-order valence-corrected chi connectivity index (χ1v) is 4.52. The number of rotatable bonds is 3. The molecule has 0 aromatic heterocycles. The summed E-state index contributed by atoms with van der Waals surface area (Å²) in [6, 6.07) is 0. The van der Waals surface area contributed by atoms with Gasteiger partial charge in [0.1, 0.15) is 5.38 Å². The molecule has 11 heavy (non-hydrogen) atoms. The maximum absolute atomic E-state index is 12.7. The zero-order chi connectivity index (χ0) is 9.28. The second-order valence-electron chi connectivity index (χ2n) is 1.74. The molecule has 0 N–H and O–H groups in total. The first-order chi connectivity index (χ1) is 4.73. The molecule has 0 radical (unpaired) electrons. The largest absolute Gasteiger partial charge is 0.349 e. The molecule has 68 valence electrons. The Labute approximate surface area is 85.1 Å². The van der Waals surface area contributed by atoms with Gasteiger partial charge in [0, 0.05) is 5.88 Å². The predicted molar refractivity (Wildman–Crippen MR) is 43.9 cm³/mol. The van der Waals surface area contributed by atoms with Gasteiger partial charge in [0.2, 0.25) is 0 Å². The van der Waals surface area contributed by atoms with E-state index in [9.17, 15) is 13.2 Å². The molecule has 0 aromatic carbocycles. The van der Waals surface area contributed by atoms with Crippen LogP contribution in [0.2, 0.25) is 0 Å². The summed E-state index contributed by atoms with van der Waals surface area (Å²) in [4.78, 5) is -3.89. The summed E-state index contributed by atoms with van der Waals surface area (Å²) in [6.07, 6.45) is 0. The van der Waals surface area contributed by atoms with Crippen molar-refractivity contribution in [2.75, 3.05) is 5.88 Å². The summed E-state index contributed by atoms with van der Waals surface area (Å²) >= 11 is 16.7. The summed E-state index contributed by atoms with van der Waals surface area (Å²) < 4.78 is 37.2. The molecule has 0 unspecified atom stereocenters. The lowest BCUT2D eigenvalue weighted by atomic mass is 10.3. The van der Waals surface area contributed by atoms with Crippen molar-refractivity contribution in [3.8, 4) is 0 Å². The number of halogens is 7. The quantitative estimate of drug-likeness (QED) is 0.696.